The minimum absolute atomic E-state index is 0.331. The van der Waals surface area contributed by atoms with Crippen LogP contribution in [-0.4, -0.2) is 37.5 Å². The Bertz CT molecular complexity index is 324. The van der Waals surface area contributed by atoms with Crippen molar-refractivity contribution in [3.05, 3.63) is 12.2 Å². The maximum atomic E-state index is 11.5. The molecule has 0 aliphatic rings. The van der Waals surface area contributed by atoms with Crippen LogP contribution >= 0.6 is 0 Å². The third-order valence-electron chi connectivity index (χ3n) is 4.61. The number of carbonyl (C=O) groups is 1. The maximum Gasteiger partial charge on any atom is 0.337 e. The van der Waals surface area contributed by atoms with E-state index in [1.165, 1.54) is 84.2 Å². The van der Waals surface area contributed by atoms with Crippen molar-refractivity contribution < 1.29 is 19.4 Å². The predicted molar refractivity (Wildman–Crippen MR) is 108 cm³/mol. The van der Waals surface area contributed by atoms with Crippen molar-refractivity contribution in [2.75, 3.05) is 20.3 Å². The van der Waals surface area contributed by atoms with Crippen LogP contribution in [0, 0.1) is 0 Å². The molecule has 0 fully saturated rings. The Balaban J connectivity index is 3.24. The Kier molecular flexibility index (Phi) is 19.8. The smallest absolute Gasteiger partial charge is 0.337 e. The lowest BCUT2D eigenvalue weighted by molar-refractivity contribution is -0.157. The van der Waals surface area contributed by atoms with Crippen LogP contribution in [-0.2, 0) is 14.3 Å². The average molecular weight is 371 g/mol. The number of hydrogen-bond acceptors (Lipinski definition) is 4. The fourth-order valence-electron chi connectivity index (χ4n) is 2.86. The molecule has 0 radical (unpaired) electrons. The first-order valence-corrected chi connectivity index (χ1v) is 10.7. The van der Waals surface area contributed by atoms with Crippen molar-refractivity contribution in [2.24, 2.45) is 0 Å². The highest BCUT2D eigenvalue weighted by Gasteiger charge is 2.17. The summed E-state index contributed by atoms with van der Waals surface area (Å²) >= 11 is 0. The lowest BCUT2D eigenvalue weighted by Crippen LogP contribution is -2.29. The minimum Gasteiger partial charge on any atom is -0.464 e. The Morgan fingerprint density at radius 1 is 0.846 bits per heavy atom. The van der Waals surface area contributed by atoms with Crippen LogP contribution in [0.3, 0.4) is 0 Å². The second-order valence-corrected chi connectivity index (χ2v) is 7.01. The highest BCUT2D eigenvalue weighted by molar-refractivity contribution is 5.74. The third kappa shape index (κ3) is 16.6. The fourth-order valence-corrected chi connectivity index (χ4v) is 2.86. The Labute approximate surface area is 161 Å². The lowest BCUT2D eigenvalue weighted by Gasteiger charge is -2.11. The van der Waals surface area contributed by atoms with Crippen LogP contribution in [0.1, 0.15) is 96.8 Å². The second-order valence-electron chi connectivity index (χ2n) is 7.01. The van der Waals surface area contributed by atoms with Gasteiger partial charge in [0.05, 0.1) is 13.2 Å². The normalized spacial score (nSPS) is 12.6. The average Bonchev–Trinajstić information content (AvgIpc) is 2.65. The van der Waals surface area contributed by atoms with E-state index in [0.717, 1.165) is 12.8 Å². The number of rotatable bonds is 19. The fraction of sp³-hybridized carbons (Fsp3) is 0.864. The van der Waals surface area contributed by atoms with Crippen LogP contribution < -0.4 is 0 Å². The van der Waals surface area contributed by atoms with Gasteiger partial charge in [-0.05, 0) is 32.1 Å². The molecule has 0 rings (SSSR count). The first-order valence-electron chi connectivity index (χ1n) is 10.7. The lowest BCUT2D eigenvalue weighted by atomic mass is 10.1. The van der Waals surface area contributed by atoms with Crippen molar-refractivity contribution in [3.63, 3.8) is 0 Å². The van der Waals surface area contributed by atoms with Gasteiger partial charge in [0.25, 0.3) is 0 Å². The molecule has 0 saturated heterocycles. The summed E-state index contributed by atoms with van der Waals surface area (Å²) in [5, 5.41) is 8.91. The number of ether oxygens (including phenoxy) is 2. The largest absolute Gasteiger partial charge is 0.464 e. The summed E-state index contributed by atoms with van der Waals surface area (Å²) in [6.45, 7) is 2.35. The number of aliphatic hydroxyl groups is 1. The van der Waals surface area contributed by atoms with Crippen LogP contribution in [0.4, 0.5) is 0 Å². The number of unbranched alkanes of at least 4 members (excludes halogenated alkanes) is 12. The van der Waals surface area contributed by atoms with Crippen LogP contribution in [0.5, 0.6) is 0 Å². The van der Waals surface area contributed by atoms with Crippen LogP contribution in [0.2, 0.25) is 0 Å². The quantitative estimate of drug-likeness (QED) is 0.183. The summed E-state index contributed by atoms with van der Waals surface area (Å²) in [6, 6.07) is 0. The number of hydrogen-bond donors (Lipinski definition) is 1. The van der Waals surface area contributed by atoms with Gasteiger partial charge in [0.1, 0.15) is 0 Å². The molecular weight excluding hydrogens is 328 g/mol. The molecule has 0 spiro atoms. The van der Waals surface area contributed by atoms with E-state index in [-0.39, 0.29) is 6.61 Å². The predicted octanol–water partition coefficient (Wildman–Crippen LogP) is 5.57. The number of aliphatic hydroxyl groups excluding tert-OH is 1. The number of allylic oxidation sites excluding steroid dienone is 2. The van der Waals surface area contributed by atoms with Gasteiger partial charge in [-0.1, -0.05) is 76.9 Å². The zero-order valence-corrected chi connectivity index (χ0v) is 17.2. The summed E-state index contributed by atoms with van der Waals surface area (Å²) < 4.78 is 9.89. The highest BCUT2D eigenvalue weighted by atomic mass is 16.6. The molecule has 0 aromatic heterocycles. The molecule has 4 heteroatoms. The monoisotopic (exact) mass is 370 g/mol. The first kappa shape index (κ1) is 25.1. The first-order chi connectivity index (χ1) is 12.8. The number of methoxy groups -OCH3 is 1. The van der Waals surface area contributed by atoms with Gasteiger partial charge >= 0.3 is 5.97 Å². The highest BCUT2D eigenvalue weighted by Crippen LogP contribution is 2.10. The molecule has 0 aromatic carbocycles. The van der Waals surface area contributed by atoms with E-state index in [2.05, 4.69) is 19.1 Å². The Morgan fingerprint density at radius 2 is 1.35 bits per heavy atom. The van der Waals surface area contributed by atoms with Crippen molar-refractivity contribution in [1.29, 1.82) is 0 Å². The summed E-state index contributed by atoms with van der Waals surface area (Å²) in [4.78, 5) is 11.5. The third-order valence-corrected chi connectivity index (χ3v) is 4.61. The molecule has 0 aliphatic heterocycles. The molecule has 4 nitrogen and oxygen atoms in total. The Morgan fingerprint density at radius 3 is 1.85 bits per heavy atom. The van der Waals surface area contributed by atoms with Gasteiger partial charge in [-0.15, -0.1) is 0 Å². The van der Waals surface area contributed by atoms with Gasteiger partial charge in [-0.25, -0.2) is 4.79 Å². The molecule has 0 amide bonds. The topological polar surface area (TPSA) is 55.8 Å². The van der Waals surface area contributed by atoms with Crippen molar-refractivity contribution in [1.82, 2.24) is 0 Å². The zero-order chi connectivity index (χ0) is 19.3. The van der Waals surface area contributed by atoms with E-state index >= 15 is 0 Å². The van der Waals surface area contributed by atoms with Gasteiger partial charge in [0.2, 0.25) is 0 Å². The minimum atomic E-state index is -0.843. The number of carbonyl (C=O) groups excluding carboxylic acids is 1. The molecule has 1 atom stereocenters. The summed E-state index contributed by atoms with van der Waals surface area (Å²) in [6.07, 6.45) is 21.5. The molecule has 154 valence electrons. The van der Waals surface area contributed by atoms with E-state index in [1.54, 1.807) is 0 Å². The molecule has 1 unspecified atom stereocenters. The maximum absolute atomic E-state index is 11.5. The van der Waals surface area contributed by atoms with Gasteiger partial charge in [-0.2, -0.15) is 0 Å². The zero-order valence-electron chi connectivity index (χ0n) is 17.2. The van der Waals surface area contributed by atoms with Gasteiger partial charge < -0.3 is 14.6 Å². The van der Waals surface area contributed by atoms with Crippen LogP contribution in [0.15, 0.2) is 12.2 Å². The Hall–Kier alpha value is -0.870. The van der Waals surface area contributed by atoms with E-state index in [4.69, 9.17) is 14.6 Å². The standard InChI is InChI=1S/C22H42O4/c1-3-4-5-6-7-8-9-10-11-12-13-14-15-16-17-18-19-26-22(24)21(20-23)25-2/h10-11,21,23H,3-9,12-20H2,1-2H3/b11-10-. The van der Waals surface area contributed by atoms with E-state index < -0.39 is 12.1 Å². The van der Waals surface area contributed by atoms with Crippen molar-refractivity contribution in [3.8, 4) is 0 Å². The molecule has 0 aromatic rings. The molecule has 0 bridgehead atoms. The van der Waals surface area contributed by atoms with Gasteiger partial charge in [-0.3, -0.25) is 0 Å². The van der Waals surface area contributed by atoms with Gasteiger partial charge in [0.15, 0.2) is 6.10 Å². The van der Waals surface area contributed by atoms with E-state index in [0.29, 0.717) is 6.61 Å². The molecule has 1 N–H and O–H groups in total. The van der Waals surface area contributed by atoms with Gasteiger partial charge in [0, 0.05) is 7.11 Å². The summed E-state index contributed by atoms with van der Waals surface area (Å²) in [5.74, 6) is -0.470. The van der Waals surface area contributed by atoms with Crippen LogP contribution in [0.25, 0.3) is 0 Å². The molecule has 26 heavy (non-hydrogen) atoms. The van der Waals surface area contributed by atoms with Crippen molar-refractivity contribution >= 4 is 5.97 Å². The summed E-state index contributed by atoms with van der Waals surface area (Å²) in [7, 11) is 1.39. The van der Waals surface area contributed by atoms with E-state index in [9.17, 15) is 4.79 Å². The SMILES string of the molecule is CCCCCCCC/C=C\CCCCCCCCOC(=O)C(CO)OC. The second kappa shape index (κ2) is 20.4. The molecule has 0 saturated carbocycles. The summed E-state index contributed by atoms with van der Waals surface area (Å²) in [5.41, 5.74) is 0. The molecular formula is C22H42O4. The van der Waals surface area contributed by atoms with Crippen molar-refractivity contribution in [2.45, 2.75) is 103 Å². The molecule has 0 aliphatic carbocycles. The number of esters is 1. The molecule has 0 heterocycles. The van der Waals surface area contributed by atoms with E-state index in [1.807, 2.05) is 0 Å².